The van der Waals surface area contributed by atoms with E-state index in [4.69, 9.17) is 9.84 Å². The molecular formula is C18H19N2O4+. The van der Waals surface area contributed by atoms with Crippen LogP contribution in [0.3, 0.4) is 0 Å². The van der Waals surface area contributed by atoms with Crippen molar-refractivity contribution in [3.05, 3.63) is 60.4 Å². The third-order valence-corrected chi connectivity index (χ3v) is 3.83. The summed E-state index contributed by atoms with van der Waals surface area (Å²) < 4.78 is 9.52. The predicted molar refractivity (Wildman–Crippen MR) is 88.0 cm³/mol. The van der Waals surface area contributed by atoms with Gasteiger partial charge < -0.3 is 14.9 Å². The molecule has 2 N–H and O–H groups in total. The van der Waals surface area contributed by atoms with Crippen molar-refractivity contribution in [2.45, 2.75) is 12.6 Å². The highest BCUT2D eigenvalue weighted by Gasteiger charge is 2.16. The molecule has 0 saturated heterocycles. The highest BCUT2D eigenvalue weighted by Crippen LogP contribution is 2.14. The van der Waals surface area contributed by atoms with Gasteiger partial charge in [-0.2, -0.15) is 0 Å². The van der Waals surface area contributed by atoms with E-state index < -0.39 is 12.1 Å². The Bertz CT molecular complexity index is 855. The van der Waals surface area contributed by atoms with Crippen LogP contribution in [0.25, 0.3) is 11.0 Å². The molecule has 1 aromatic heterocycles. The van der Waals surface area contributed by atoms with Crippen LogP contribution in [-0.2, 0) is 13.6 Å². The number of benzene rings is 2. The maximum Gasteiger partial charge on any atom is 0.335 e. The molecule has 0 aliphatic carbocycles. The molecule has 6 heteroatoms. The summed E-state index contributed by atoms with van der Waals surface area (Å²) in [5, 5.41) is 19.1. The van der Waals surface area contributed by atoms with Crippen LogP contribution < -0.4 is 9.30 Å². The minimum atomic E-state index is -0.978. The molecule has 3 rings (SSSR count). The van der Waals surface area contributed by atoms with Crippen molar-refractivity contribution in [1.29, 1.82) is 0 Å². The van der Waals surface area contributed by atoms with Crippen LogP contribution in [0, 0.1) is 0 Å². The molecule has 3 aromatic rings. The molecule has 0 fully saturated rings. The number of aromatic nitrogens is 2. The standard InChI is InChI=1S/C18H18N2O4/c1-19-12-20(17-5-3-2-4-16(17)19)10-14(21)11-24-15-8-6-13(7-9-15)18(22)23/h2-9,12,14,21H,10-11H2,1H3/p+1. The van der Waals surface area contributed by atoms with Gasteiger partial charge in [-0.05, 0) is 36.4 Å². The number of aliphatic hydroxyl groups is 1. The molecule has 1 atom stereocenters. The Morgan fingerprint density at radius 3 is 2.62 bits per heavy atom. The number of carbonyl (C=O) groups is 1. The van der Waals surface area contributed by atoms with E-state index in [-0.39, 0.29) is 12.2 Å². The van der Waals surface area contributed by atoms with E-state index >= 15 is 0 Å². The summed E-state index contributed by atoms with van der Waals surface area (Å²) in [5.41, 5.74) is 2.34. The van der Waals surface area contributed by atoms with E-state index in [1.54, 1.807) is 12.1 Å². The number of aliphatic hydroxyl groups excluding tert-OH is 1. The number of hydrogen-bond donors (Lipinski definition) is 2. The number of fused-ring (bicyclic) bond motifs is 1. The number of nitrogens with zero attached hydrogens (tertiary/aromatic N) is 2. The second-order valence-corrected chi connectivity index (χ2v) is 5.66. The van der Waals surface area contributed by atoms with Crippen LogP contribution in [0.4, 0.5) is 0 Å². The average Bonchev–Trinajstić information content (AvgIpc) is 2.90. The summed E-state index contributed by atoms with van der Waals surface area (Å²) in [5.74, 6) is -0.448. The van der Waals surface area contributed by atoms with Crippen molar-refractivity contribution in [3.63, 3.8) is 0 Å². The number of carboxylic acids is 1. The number of ether oxygens (including phenoxy) is 1. The van der Waals surface area contributed by atoms with Crippen molar-refractivity contribution in [2.75, 3.05) is 6.61 Å². The van der Waals surface area contributed by atoms with Crippen molar-refractivity contribution >= 4 is 17.0 Å². The number of imidazole rings is 1. The highest BCUT2D eigenvalue weighted by atomic mass is 16.5. The van der Waals surface area contributed by atoms with Crippen LogP contribution in [0.2, 0.25) is 0 Å². The monoisotopic (exact) mass is 327 g/mol. The average molecular weight is 327 g/mol. The Morgan fingerprint density at radius 2 is 1.92 bits per heavy atom. The maximum atomic E-state index is 10.8. The zero-order valence-corrected chi connectivity index (χ0v) is 13.3. The smallest absolute Gasteiger partial charge is 0.335 e. The van der Waals surface area contributed by atoms with Gasteiger partial charge in [0.1, 0.15) is 25.0 Å². The fourth-order valence-corrected chi connectivity index (χ4v) is 2.65. The quantitative estimate of drug-likeness (QED) is 0.675. The zero-order valence-electron chi connectivity index (χ0n) is 13.3. The first-order valence-electron chi connectivity index (χ1n) is 7.62. The van der Waals surface area contributed by atoms with Crippen molar-refractivity contribution in [1.82, 2.24) is 4.57 Å². The van der Waals surface area contributed by atoms with E-state index in [1.807, 2.05) is 46.8 Å². The molecule has 6 nitrogen and oxygen atoms in total. The number of aromatic carboxylic acids is 1. The Balaban J connectivity index is 1.63. The molecule has 0 spiro atoms. The molecule has 0 aliphatic heterocycles. The molecular weight excluding hydrogens is 308 g/mol. The van der Waals surface area contributed by atoms with Crippen LogP contribution in [0.15, 0.2) is 54.9 Å². The van der Waals surface area contributed by atoms with Gasteiger partial charge in [0.25, 0.3) is 0 Å². The van der Waals surface area contributed by atoms with Gasteiger partial charge in [-0.15, -0.1) is 0 Å². The molecule has 0 saturated carbocycles. The van der Waals surface area contributed by atoms with E-state index in [0.29, 0.717) is 12.3 Å². The lowest BCUT2D eigenvalue weighted by molar-refractivity contribution is -0.645. The number of hydrogen-bond acceptors (Lipinski definition) is 3. The zero-order chi connectivity index (χ0) is 17.1. The number of para-hydroxylation sites is 2. The minimum Gasteiger partial charge on any atom is -0.491 e. The van der Waals surface area contributed by atoms with Gasteiger partial charge in [0.05, 0.1) is 12.6 Å². The summed E-state index contributed by atoms with van der Waals surface area (Å²) in [6.07, 6.45) is 1.26. The number of carboxylic acid groups (broad SMARTS) is 1. The molecule has 24 heavy (non-hydrogen) atoms. The van der Waals surface area contributed by atoms with E-state index in [2.05, 4.69) is 0 Å². The van der Waals surface area contributed by atoms with Crippen LogP contribution in [-0.4, -0.2) is 33.5 Å². The lowest BCUT2D eigenvalue weighted by atomic mass is 10.2. The topological polar surface area (TPSA) is 75.6 Å². The number of aryl methyl sites for hydroxylation is 1. The Labute approximate surface area is 139 Å². The first-order valence-corrected chi connectivity index (χ1v) is 7.62. The van der Waals surface area contributed by atoms with Gasteiger partial charge in [-0.25, -0.2) is 13.9 Å². The molecule has 0 bridgehead atoms. The Kier molecular flexibility index (Phi) is 4.48. The molecule has 1 unspecified atom stereocenters. The van der Waals surface area contributed by atoms with E-state index in [9.17, 15) is 9.90 Å². The molecule has 124 valence electrons. The summed E-state index contributed by atoms with van der Waals surface area (Å²) in [6, 6.07) is 14.1. The Hall–Kier alpha value is -2.86. The fraction of sp³-hybridized carbons (Fsp3) is 0.222. The normalized spacial score (nSPS) is 12.2. The maximum absolute atomic E-state index is 10.8. The van der Waals surface area contributed by atoms with Gasteiger partial charge >= 0.3 is 5.97 Å². The lowest BCUT2D eigenvalue weighted by Gasteiger charge is -2.11. The van der Waals surface area contributed by atoms with E-state index in [1.165, 1.54) is 12.1 Å². The molecule has 1 heterocycles. The Morgan fingerprint density at radius 1 is 1.21 bits per heavy atom. The highest BCUT2D eigenvalue weighted by molar-refractivity contribution is 5.87. The van der Waals surface area contributed by atoms with Crippen LogP contribution in [0.1, 0.15) is 10.4 Å². The molecule has 0 aliphatic rings. The fourth-order valence-electron chi connectivity index (χ4n) is 2.65. The summed E-state index contributed by atoms with van der Waals surface area (Å²) in [6.45, 7) is 0.539. The summed E-state index contributed by atoms with van der Waals surface area (Å²) >= 11 is 0. The minimum absolute atomic E-state index is 0.128. The SMILES string of the molecule is C[n+]1cn(CC(O)COc2ccc(C(=O)O)cc2)c2ccccc21. The van der Waals surface area contributed by atoms with Gasteiger partial charge in [0.15, 0.2) is 11.0 Å². The first kappa shape index (κ1) is 16.0. The summed E-state index contributed by atoms with van der Waals surface area (Å²) in [7, 11) is 1.96. The molecule has 0 amide bonds. The first-order chi connectivity index (χ1) is 11.5. The third-order valence-electron chi connectivity index (χ3n) is 3.83. The third kappa shape index (κ3) is 3.38. The predicted octanol–water partition coefficient (Wildman–Crippen LogP) is 1.60. The van der Waals surface area contributed by atoms with E-state index in [0.717, 1.165) is 11.0 Å². The van der Waals surface area contributed by atoms with Crippen LogP contribution in [0.5, 0.6) is 5.75 Å². The van der Waals surface area contributed by atoms with Crippen LogP contribution >= 0.6 is 0 Å². The molecule has 0 radical (unpaired) electrons. The van der Waals surface area contributed by atoms with Gasteiger partial charge in [0, 0.05) is 0 Å². The largest absolute Gasteiger partial charge is 0.491 e. The van der Waals surface area contributed by atoms with Crippen molar-refractivity contribution < 1.29 is 24.3 Å². The van der Waals surface area contributed by atoms with Gasteiger partial charge in [-0.3, -0.25) is 0 Å². The summed E-state index contributed by atoms with van der Waals surface area (Å²) in [4.78, 5) is 10.8. The van der Waals surface area contributed by atoms with Gasteiger partial charge in [0.2, 0.25) is 6.33 Å². The second-order valence-electron chi connectivity index (χ2n) is 5.66. The molecule has 2 aromatic carbocycles. The van der Waals surface area contributed by atoms with Crippen molar-refractivity contribution in [2.24, 2.45) is 7.05 Å². The lowest BCUT2D eigenvalue weighted by Crippen LogP contribution is -2.27. The van der Waals surface area contributed by atoms with Crippen molar-refractivity contribution in [3.8, 4) is 5.75 Å². The second kappa shape index (κ2) is 6.72. The van der Waals surface area contributed by atoms with Gasteiger partial charge in [-0.1, -0.05) is 12.1 Å². The number of rotatable bonds is 6.